The van der Waals surface area contributed by atoms with Crippen LogP contribution in [-0.4, -0.2) is 25.7 Å². The molecule has 0 fully saturated rings. The van der Waals surface area contributed by atoms with Crippen molar-refractivity contribution in [2.45, 2.75) is 27.2 Å². The summed E-state index contributed by atoms with van der Waals surface area (Å²) in [6, 6.07) is 6.15. The van der Waals surface area contributed by atoms with E-state index in [1.54, 1.807) is 0 Å². The predicted molar refractivity (Wildman–Crippen MR) is 80.3 cm³/mol. The fourth-order valence-corrected chi connectivity index (χ4v) is 1.58. The van der Waals surface area contributed by atoms with Gasteiger partial charge in [-0.15, -0.1) is 0 Å². The highest BCUT2D eigenvalue weighted by atomic mass is 16.5. The lowest BCUT2D eigenvalue weighted by atomic mass is 10.1. The first-order valence-corrected chi connectivity index (χ1v) is 6.60. The molecule has 0 saturated carbocycles. The highest BCUT2D eigenvalue weighted by Gasteiger charge is 1.99. The number of anilines is 1. The van der Waals surface area contributed by atoms with E-state index in [9.17, 15) is 0 Å². The van der Waals surface area contributed by atoms with Gasteiger partial charge < -0.3 is 10.1 Å². The van der Waals surface area contributed by atoms with Gasteiger partial charge in [0.2, 0.25) is 5.96 Å². The third kappa shape index (κ3) is 5.72. The van der Waals surface area contributed by atoms with Gasteiger partial charge in [-0.05, 0) is 50.5 Å². The van der Waals surface area contributed by atoms with Crippen molar-refractivity contribution in [3.8, 4) is 0 Å². The monoisotopic (exact) mass is 264 g/mol. The van der Waals surface area contributed by atoms with Crippen molar-refractivity contribution in [2.24, 2.45) is 10.8 Å². The first-order chi connectivity index (χ1) is 9.17. The van der Waals surface area contributed by atoms with Crippen LogP contribution >= 0.6 is 0 Å². The van der Waals surface area contributed by atoms with E-state index in [1.807, 2.05) is 13.0 Å². The lowest BCUT2D eigenvalue weighted by molar-refractivity contribution is 0.146. The van der Waals surface area contributed by atoms with Gasteiger partial charge in [-0.2, -0.15) is 0 Å². The number of hydrogen-bond donors (Lipinski definition) is 3. The van der Waals surface area contributed by atoms with Crippen LogP contribution in [-0.2, 0) is 4.74 Å². The molecule has 4 N–H and O–H groups in total. The molecule has 0 spiro atoms. The lowest BCUT2D eigenvalue weighted by Crippen LogP contribution is -2.36. The van der Waals surface area contributed by atoms with E-state index in [2.05, 4.69) is 41.7 Å². The maximum absolute atomic E-state index is 5.45. The molecule has 1 aromatic carbocycles. The number of guanidine groups is 1. The van der Waals surface area contributed by atoms with Gasteiger partial charge in [0.05, 0.1) is 0 Å². The second kappa shape index (κ2) is 8.50. The molecule has 5 heteroatoms. The Labute approximate surface area is 115 Å². The summed E-state index contributed by atoms with van der Waals surface area (Å²) in [6.07, 6.45) is 0.883. The number of nitrogens with zero attached hydrogens (tertiary/aromatic N) is 1. The number of aliphatic imine (C=N–C) groups is 1. The van der Waals surface area contributed by atoms with Gasteiger partial charge in [-0.3, -0.25) is 10.4 Å². The standard InChI is InChI=1S/C14H24N4O/c1-4-19-9-5-8-16-14(18-15)17-13-7-6-11(2)12(3)10-13/h6-7,10H,4-5,8-9,15H2,1-3H3,(H2,16,17,18). The Morgan fingerprint density at radius 3 is 2.74 bits per heavy atom. The fraction of sp³-hybridized carbons (Fsp3) is 0.500. The Morgan fingerprint density at radius 1 is 1.32 bits per heavy atom. The zero-order valence-corrected chi connectivity index (χ0v) is 12.0. The van der Waals surface area contributed by atoms with Crippen molar-refractivity contribution in [1.82, 2.24) is 5.43 Å². The van der Waals surface area contributed by atoms with E-state index in [1.165, 1.54) is 11.1 Å². The number of rotatable bonds is 6. The Bertz CT molecular complexity index is 418. The summed E-state index contributed by atoms with van der Waals surface area (Å²) >= 11 is 0. The van der Waals surface area contributed by atoms with Gasteiger partial charge in [0.1, 0.15) is 0 Å². The zero-order valence-electron chi connectivity index (χ0n) is 12.0. The average Bonchev–Trinajstić information content (AvgIpc) is 2.41. The van der Waals surface area contributed by atoms with Crippen LogP contribution in [0.1, 0.15) is 24.5 Å². The van der Waals surface area contributed by atoms with Crippen molar-refractivity contribution < 1.29 is 4.74 Å². The summed E-state index contributed by atoms with van der Waals surface area (Å²) in [5.41, 5.74) is 6.05. The van der Waals surface area contributed by atoms with Crippen molar-refractivity contribution in [1.29, 1.82) is 0 Å². The first-order valence-electron chi connectivity index (χ1n) is 6.60. The molecule has 0 aromatic heterocycles. The molecule has 0 aliphatic heterocycles. The van der Waals surface area contributed by atoms with Crippen LogP contribution in [0.5, 0.6) is 0 Å². The SMILES string of the molecule is CCOCCCN=C(NN)Nc1ccc(C)c(C)c1. The van der Waals surface area contributed by atoms with Crippen LogP contribution in [0, 0.1) is 13.8 Å². The summed E-state index contributed by atoms with van der Waals surface area (Å²) in [5.74, 6) is 6.02. The molecule has 1 rings (SSSR count). The fourth-order valence-electron chi connectivity index (χ4n) is 1.58. The third-order valence-electron chi connectivity index (χ3n) is 2.83. The quantitative estimate of drug-likeness (QED) is 0.241. The number of benzene rings is 1. The molecule has 0 aliphatic carbocycles. The molecule has 0 heterocycles. The number of aryl methyl sites for hydroxylation is 2. The number of hydrazine groups is 1. The van der Waals surface area contributed by atoms with Crippen LogP contribution < -0.4 is 16.6 Å². The Hall–Kier alpha value is -1.59. The van der Waals surface area contributed by atoms with Crippen molar-refractivity contribution >= 4 is 11.6 Å². The number of nitrogens with two attached hydrogens (primary N) is 1. The zero-order chi connectivity index (χ0) is 14.1. The van der Waals surface area contributed by atoms with E-state index in [0.717, 1.165) is 25.3 Å². The summed E-state index contributed by atoms with van der Waals surface area (Å²) in [7, 11) is 0. The molecule has 0 saturated heterocycles. The van der Waals surface area contributed by atoms with Gasteiger partial charge in [-0.25, -0.2) is 5.84 Å². The Morgan fingerprint density at radius 2 is 2.11 bits per heavy atom. The molecular weight excluding hydrogens is 240 g/mol. The minimum absolute atomic E-state index is 0.569. The van der Waals surface area contributed by atoms with E-state index in [-0.39, 0.29) is 0 Å². The van der Waals surface area contributed by atoms with E-state index in [0.29, 0.717) is 12.5 Å². The molecule has 0 amide bonds. The summed E-state index contributed by atoms with van der Waals surface area (Å²) in [5, 5.41) is 3.16. The van der Waals surface area contributed by atoms with E-state index in [4.69, 9.17) is 10.6 Å². The summed E-state index contributed by atoms with van der Waals surface area (Å²) in [6.45, 7) is 8.29. The Kier molecular flexibility index (Phi) is 6.92. The maximum Gasteiger partial charge on any atom is 0.210 e. The number of nitrogens with one attached hydrogen (secondary N) is 2. The van der Waals surface area contributed by atoms with Gasteiger partial charge in [0.15, 0.2) is 0 Å². The molecule has 0 bridgehead atoms. The molecule has 0 unspecified atom stereocenters. The normalized spacial score (nSPS) is 11.5. The highest BCUT2D eigenvalue weighted by Crippen LogP contribution is 2.13. The number of hydrogen-bond acceptors (Lipinski definition) is 3. The van der Waals surface area contributed by atoms with E-state index < -0.39 is 0 Å². The lowest BCUT2D eigenvalue weighted by Gasteiger charge is -2.10. The average molecular weight is 264 g/mol. The van der Waals surface area contributed by atoms with Crippen molar-refractivity contribution in [3.05, 3.63) is 29.3 Å². The van der Waals surface area contributed by atoms with Gasteiger partial charge in [0.25, 0.3) is 0 Å². The van der Waals surface area contributed by atoms with E-state index >= 15 is 0 Å². The van der Waals surface area contributed by atoms with Crippen LogP contribution in [0.2, 0.25) is 0 Å². The third-order valence-corrected chi connectivity index (χ3v) is 2.83. The van der Waals surface area contributed by atoms with Gasteiger partial charge in [0, 0.05) is 25.4 Å². The number of ether oxygens (including phenoxy) is 1. The topological polar surface area (TPSA) is 71.7 Å². The van der Waals surface area contributed by atoms with Gasteiger partial charge in [-0.1, -0.05) is 6.07 Å². The smallest absolute Gasteiger partial charge is 0.210 e. The molecule has 0 radical (unpaired) electrons. The molecule has 106 valence electrons. The van der Waals surface area contributed by atoms with Gasteiger partial charge >= 0.3 is 0 Å². The Balaban J connectivity index is 2.50. The molecule has 0 aliphatic rings. The minimum Gasteiger partial charge on any atom is -0.382 e. The summed E-state index contributed by atoms with van der Waals surface area (Å²) in [4.78, 5) is 4.35. The predicted octanol–water partition coefficient (Wildman–Crippen LogP) is 1.96. The van der Waals surface area contributed by atoms with Crippen LogP contribution in [0.25, 0.3) is 0 Å². The van der Waals surface area contributed by atoms with Crippen molar-refractivity contribution in [3.63, 3.8) is 0 Å². The maximum atomic E-state index is 5.45. The first kappa shape index (κ1) is 15.5. The summed E-state index contributed by atoms with van der Waals surface area (Å²) < 4.78 is 5.25. The second-order valence-electron chi connectivity index (χ2n) is 4.35. The molecule has 0 atom stereocenters. The molecular formula is C14H24N4O. The van der Waals surface area contributed by atoms with Crippen LogP contribution in [0.3, 0.4) is 0 Å². The van der Waals surface area contributed by atoms with Crippen LogP contribution in [0.4, 0.5) is 5.69 Å². The minimum atomic E-state index is 0.569. The molecule has 1 aromatic rings. The van der Waals surface area contributed by atoms with Crippen LogP contribution in [0.15, 0.2) is 23.2 Å². The largest absolute Gasteiger partial charge is 0.382 e. The van der Waals surface area contributed by atoms with Crippen molar-refractivity contribution in [2.75, 3.05) is 25.1 Å². The second-order valence-corrected chi connectivity index (χ2v) is 4.35. The highest BCUT2D eigenvalue weighted by molar-refractivity contribution is 5.93. The molecule has 19 heavy (non-hydrogen) atoms. The molecule has 5 nitrogen and oxygen atoms in total.